The van der Waals surface area contributed by atoms with Crippen LogP contribution in [0.15, 0.2) is 61.1 Å². The summed E-state index contributed by atoms with van der Waals surface area (Å²) in [5, 5.41) is 7.17. The molecular weight excluding hydrogens is 264 g/mol. The number of hydrogen-bond donors (Lipinski definition) is 1. The number of benzene rings is 1. The summed E-state index contributed by atoms with van der Waals surface area (Å²) < 4.78 is 1.79. The van der Waals surface area contributed by atoms with Crippen LogP contribution in [0.3, 0.4) is 0 Å². The highest BCUT2D eigenvalue weighted by Gasteiger charge is 2.12. The van der Waals surface area contributed by atoms with Gasteiger partial charge in [-0.3, -0.25) is 9.78 Å². The van der Waals surface area contributed by atoms with Crippen LogP contribution >= 0.6 is 0 Å². The second kappa shape index (κ2) is 5.58. The van der Waals surface area contributed by atoms with Gasteiger partial charge in [0.2, 0.25) is 0 Å². The van der Waals surface area contributed by atoms with Gasteiger partial charge in [-0.25, -0.2) is 4.68 Å². The van der Waals surface area contributed by atoms with Gasteiger partial charge >= 0.3 is 0 Å². The molecule has 5 nitrogen and oxygen atoms in total. The van der Waals surface area contributed by atoms with Gasteiger partial charge in [-0.05, 0) is 31.2 Å². The molecule has 0 spiro atoms. The van der Waals surface area contributed by atoms with Gasteiger partial charge < -0.3 is 5.32 Å². The van der Waals surface area contributed by atoms with Crippen LogP contribution in [0.4, 0.5) is 5.69 Å². The molecule has 21 heavy (non-hydrogen) atoms. The Balaban J connectivity index is 1.85. The summed E-state index contributed by atoms with van der Waals surface area (Å²) in [5.74, 6) is -0.196. The van der Waals surface area contributed by atoms with Crippen molar-refractivity contribution in [3.05, 3.63) is 72.3 Å². The number of nitrogens with zero attached hydrogens (tertiary/aromatic N) is 3. The van der Waals surface area contributed by atoms with Crippen molar-refractivity contribution in [1.29, 1.82) is 0 Å². The van der Waals surface area contributed by atoms with Gasteiger partial charge in [0.25, 0.3) is 5.91 Å². The summed E-state index contributed by atoms with van der Waals surface area (Å²) >= 11 is 0. The molecule has 0 aliphatic carbocycles. The standard InChI is InChI=1S/C16H14N4O/c1-12-15(19-16(21)13-6-5-9-17-10-13)11-18-20(12)14-7-3-2-4-8-14/h2-11H,1H3,(H,19,21). The zero-order chi connectivity index (χ0) is 14.7. The SMILES string of the molecule is Cc1c(NC(=O)c2cccnc2)cnn1-c1ccccc1. The highest BCUT2D eigenvalue weighted by Crippen LogP contribution is 2.18. The van der Waals surface area contributed by atoms with Crippen molar-refractivity contribution in [3.8, 4) is 5.69 Å². The van der Waals surface area contributed by atoms with Gasteiger partial charge in [-0.15, -0.1) is 0 Å². The fourth-order valence-electron chi connectivity index (χ4n) is 2.05. The average Bonchev–Trinajstić information content (AvgIpc) is 2.90. The Hall–Kier alpha value is -2.95. The Morgan fingerprint density at radius 3 is 2.62 bits per heavy atom. The van der Waals surface area contributed by atoms with E-state index >= 15 is 0 Å². The van der Waals surface area contributed by atoms with E-state index in [4.69, 9.17) is 0 Å². The normalized spacial score (nSPS) is 10.3. The molecule has 2 aromatic heterocycles. The minimum Gasteiger partial charge on any atom is -0.319 e. The topological polar surface area (TPSA) is 59.8 Å². The number of carbonyl (C=O) groups is 1. The summed E-state index contributed by atoms with van der Waals surface area (Å²) in [6.07, 6.45) is 4.82. The largest absolute Gasteiger partial charge is 0.319 e. The lowest BCUT2D eigenvalue weighted by Gasteiger charge is -2.06. The Labute approximate surface area is 122 Å². The maximum absolute atomic E-state index is 12.1. The van der Waals surface area contributed by atoms with Gasteiger partial charge in [-0.1, -0.05) is 18.2 Å². The van der Waals surface area contributed by atoms with E-state index in [-0.39, 0.29) is 5.91 Å². The van der Waals surface area contributed by atoms with Crippen LogP contribution in [0, 0.1) is 6.92 Å². The van der Waals surface area contributed by atoms with E-state index in [1.54, 1.807) is 29.2 Å². The van der Waals surface area contributed by atoms with E-state index in [2.05, 4.69) is 15.4 Å². The third-order valence-corrected chi connectivity index (χ3v) is 3.18. The van der Waals surface area contributed by atoms with Crippen LogP contribution in [0.5, 0.6) is 0 Å². The zero-order valence-corrected chi connectivity index (χ0v) is 11.5. The van der Waals surface area contributed by atoms with Crippen molar-refractivity contribution in [3.63, 3.8) is 0 Å². The Kier molecular flexibility index (Phi) is 3.47. The number of rotatable bonds is 3. The van der Waals surface area contributed by atoms with Crippen molar-refractivity contribution >= 4 is 11.6 Å². The lowest BCUT2D eigenvalue weighted by Crippen LogP contribution is -2.12. The highest BCUT2D eigenvalue weighted by molar-refractivity contribution is 6.04. The summed E-state index contributed by atoms with van der Waals surface area (Å²) in [6.45, 7) is 1.92. The number of anilines is 1. The molecule has 2 heterocycles. The summed E-state index contributed by atoms with van der Waals surface area (Å²) in [6, 6.07) is 13.2. The van der Waals surface area contributed by atoms with Crippen LogP contribution in [0.1, 0.15) is 16.1 Å². The smallest absolute Gasteiger partial charge is 0.257 e. The van der Waals surface area contributed by atoms with Gasteiger partial charge in [0, 0.05) is 12.4 Å². The number of amides is 1. The van der Waals surface area contributed by atoms with Crippen molar-refractivity contribution < 1.29 is 4.79 Å². The maximum atomic E-state index is 12.1. The molecule has 3 rings (SSSR count). The Morgan fingerprint density at radius 1 is 1.10 bits per heavy atom. The van der Waals surface area contributed by atoms with Crippen LogP contribution < -0.4 is 5.32 Å². The van der Waals surface area contributed by atoms with Crippen molar-refractivity contribution in [1.82, 2.24) is 14.8 Å². The lowest BCUT2D eigenvalue weighted by molar-refractivity contribution is 0.102. The maximum Gasteiger partial charge on any atom is 0.257 e. The molecule has 1 aromatic carbocycles. The van der Waals surface area contributed by atoms with E-state index in [9.17, 15) is 4.79 Å². The first-order valence-electron chi connectivity index (χ1n) is 6.57. The molecule has 5 heteroatoms. The van der Waals surface area contributed by atoms with Gasteiger partial charge in [0.05, 0.1) is 28.8 Å². The predicted molar refractivity (Wildman–Crippen MR) is 80.5 cm³/mol. The molecule has 0 saturated carbocycles. The summed E-state index contributed by atoms with van der Waals surface area (Å²) in [4.78, 5) is 16.1. The first kappa shape index (κ1) is 13.1. The molecule has 0 aliphatic heterocycles. The van der Waals surface area contributed by atoms with Crippen molar-refractivity contribution in [2.75, 3.05) is 5.32 Å². The predicted octanol–water partition coefficient (Wildman–Crippen LogP) is 2.83. The van der Waals surface area contributed by atoms with Gasteiger partial charge in [0.15, 0.2) is 0 Å². The zero-order valence-electron chi connectivity index (χ0n) is 11.5. The van der Waals surface area contributed by atoms with Crippen LogP contribution in [0.2, 0.25) is 0 Å². The quantitative estimate of drug-likeness (QED) is 0.801. The molecule has 1 amide bonds. The monoisotopic (exact) mass is 278 g/mol. The van der Waals surface area contributed by atoms with Crippen LogP contribution in [-0.4, -0.2) is 20.7 Å². The third kappa shape index (κ3) is 2.67. The van der Waals surface area contributed by atoms with Gasteiger partial charge in [-0.2, -0.15) is 5.10 Å². The molecule has 0 radical (unpaired) electrons. The van der Waals surface area contributed by atoms with Crippen LogP contribution in [-0.2, 0) is 0 Å². The average molecular weight is 278 g/mol. The molecule has 1 N–H and O–H groups in total. The fraction of sp³-hybridized carbons (Fsp3) is 0.0625. The minimum atomic E-state index is -0.196. The molecule has 0 atom stereocenters. The molecule has 0 unspecified atom stereocenters. The van der Waals surface area contributed by atoms with Crippen molar-refractivity contribution in [2.45, 2.75) is 6.92 Å². The fourth-order valence-corrected chi connectivity index (χ4v) is 2.05. The summed E-state index contributed by atoms with van der Waals surface area (Å²) in [5.41, 5.74) is 3.03. The van der Waals surface area contributed by atoms with E-state index in [0.29, 0.717) is 11.3 Å². The lowest BCUT2D eigenvalue weighted by atomic mass is 10.2. The van der Waals surface area contributed by atoms with E-state index in [0.717, 1.165) is 11.4 Å². The first-order chi connectivity index (χ1) is 10.3. The van der Waals surface area contributed by atoms with Gasteiger partial charge in [0.1, 0.15) is 0 Å². The third-order valence-electron chi connectivity index (χ3n) is 3.18. The first-order valence-corrected chi connectivity index (χ1v) is 6.57. The van der Waals surface area contributed by atoms with E-state index < -0.39 is 0 Å². The number of aromatic nitrogens is 3. The number of nitrogens with one attached hydrogen (secondary N) is 1. The molecule has 0 saturated heterocycles. The molecule has 104 valence electrons. The van der Waals surface area contributed by atoms with Crippen LogP contribution in [0.25, 0.3) is 5.69 Å². The number of hydrogen-bond acceptors (Lipinski definition) is 3. The number of carbonyl (C=O) groups excluding carboxylic acids is 1. The summed E-state index contributed by atoms with van der Waals surface area (Å²) in [7, 11) is 0. The molecule has 0 aliphatic rings. The highest BCUT2D eigenvalue weighted by atomic mass is 16.1. The number of para-hydroxylation sites is 1. The van der Waals surface area contributed by atoms with E-state index in [1.807, 2.05) is 37.3 Å². The molecular formula is C16H14N4O. The number of pyridine rings is 1. The molecule has 3 aromatic rings. The Morgan fingerprint density at radius 2 is 1.90 bits per heavy atom. The molecule has 0 fully saturated rings. The van der Waals surface area contributed by atoms with Crippen molar-refractivity contribution in [2.24, 2.45) is 0 Å². The second-order valence-electron chi connectivity index (χ2n) is 4.59. The second-order valence-corrected chi connectivity index (χ2v) is 4.59. The Bertz CT molecular complexity index is 750. The molecule has 0 bridgehead atoms. The minimum absolute atomic E-state index is 0.196. The van der Waals surface area contributed by atoms with E-state index in [1.165, 1.54) is 6.20 Å².